The third-order valence-electron chi connectivity index (χ3n) is 7.89. The minimum Gasteiger partial charge on any atom is -0.458 e. The lowest BCUT2D eigenvalue weighted by Crippen LogP contribution is -2.46. The maximum atomic E-state index is 13.3. The average Bonchev–Trinajstić information content (AvgIpc) is 3.40. The van der Waals surface area contributed by atoms with Gasteiger partial charge in [0.25, 0.3) is 0 Å². The van der Waals surface area contributed by atoms with Crippen LogP contribution in [0, 0.1) is 24.2 Å². The fraction of sp³-hybridized carbons (Fsp3) is 0.704. The van der Waals surface area contributed by atoms with E-state index < -0.39 is 35.6 Å². The quantitative estimate of drug-likeness (QED) is 0.426. The fourth-order valence-corrected chi connectivity index (χ4v) is 5.83. The summed E-state index contributed by atoms with van der Waals surface area (Å²) in [5.74, 6) is -1.78. The van der Waals surface area contributed by atoms with E-state index in [9.17, 15) is 24.6 Å². The Morgan fingerprint density at radius 3 is 2.49 bits per heavy atom. The minimum absolute atomic E-state index is 0.146. The lowest BCUT2D eigenvalue weighted by atomic mass is 9.73. The number of carbonyl (C=O) groups excluding carboxylic acids is 3. The Labute approximate surface area is 223 Å². The molecular formula is C27H41N3O6S. The van der Waals surface area contributed by atoms with Gasteiger partial charge in [0.1, 0.15) is 11.9 Å². The van der Waals surface area contributed by atoms with Crippen LogP contribution in [-0.2, 0) is 14.3 Å². The number of Topliss-reactive ketones (excluding diaryl/α,β-unsaturated/α-hetero) is 1. The lowest BCUT2D eigenvalue weighted by molar-refractivity contribution is -0.154. The summed E-state index contributed by atoms with van der Waals surface area (Å²) in [5, 5.41) is 30.5. The number of thiazole rings is 1. The summed E-state index contributed by atoms with van der Waals surface area (Å²) in [6, 6.07) is -0.691. The van der Waals surface area contributed by atoms with E-state index >= 15 is 0 Å². The van der Waals surface area contributed by atoms with E-state index in [1.807, 2.05) is 32.2 Å². The SMILES string of the molecule is C/C(=C\c1csc(C)n1)[C@@H]1C[C@@H]2NC(=O)NC2CCC[C@H](C)[C@H](O)[C@@H](C)C(=O)C(C)(C)[C@@H](O)CC(=O)O1. The van der Waals surface area contributed by atoms with Crippen LogP contribution < -0.4 is 10.6 Å². The number of aliphatic hydroxyl groups excluding tert-OH is 2. The predicted octanol–water partition coefficient (Wildman–Crippen LogP) is 3.37. The molecule has 3 heterocycles. The molecule has 0 aliphatic carbocycles. The number of nitrogens with one attached hydrogen (secondary N) is 2. The molecule has 0 saturated carbocycles. The number of esters is 1. The molecule has 3 rings (SSSR count). The van der Waals surface area contributed by atoms with Crippen LogP contribution in [0.25, 0.3) is 6.08 Å². The number of aryl methyl sites for hydroxylation is 1. The Morgan fingerprint density at radius 1 is 1.16 bits per heavy atom. The number of fused-ring (bicyclic) bond motifs is 1. The van der Waals surface area contributed by atoms with E-state index in [0.717, 1.165) is 22.7 Å². The first-order chi connectivity index (χ1) is 17.3. The number of cyclic esters (lactones) is 1. The summed E-state index contributed by atoms with van der Waals surface area (Å²) < 4.78 is 5.87. The topological polar surface area (TPSA) is 138 Å². The second-order valence-corrected chi connectivity index (χ2v) is 12.3. The molecule has 10 heteroatoms. The fourth-order valence-electron chi connectivity index (χ4n) is 5.26. The second kappa shape index (κ2) is 12.0. The largest absolute Gasteiger partial charge is 0.458 e. The number of carbonyl (C=O) groups is 3. The number of urea groups is 1. The maximum Gasteiger partial charge on any atom is 0.315 e. The van der Waals surface area contributed by atoms with Gasteiger partial charge in [-0.1, -0.05) is 34.1 Å². The normalized spacial score (nSPS) is 34.3. The molecule has 0 radical (unpaired) electrons. The van der Waals surface area contributed by atoms with Crippen LogP contribution in [0.3, 0.4) is 0 Å². The van der Waals surface area contributed by atoms with Crippen molar-refractivity contribution in [2.24, 2.45) is 17.3 Å². The predicted molar refractivity (Wildman–Crippen MR) is 142 cm³/mol. The highest BCUT2D eigenvalue weighted by atomic mass is 32.1. The van der Waals surface area contributed by atoms with E-state index in [4.69, 9.17) is 4.74 Å². The minimum atomic E-state index is -1.28. The van der Waals surface area contributed by atoms with Crippen molar-refractivity contribution >= 4 is 35.2 Å². The summed E-state index contributed by atoms with van der Waals surface area (Å²) in [7, 11) is 0. The van der Waals surface area contributed by atoms with Crippen LogP contribution in [0.4, 0.5) is 4.79 Å². The van der Waals surface area contributed by atoms with Crippen molar-refractivity contribution in [2.75, 3.05) is 0 Å². The van der Waals surface area contributed by atoms with Gasteiger partial charge >= 0.3 is 12.0 Å². The summed E-state index contributed by atoms with van der Waals surface area (Å²) in [4.78, 5) is 43.0. The Kier molecular flexibility index (Phi) is 9.52. The number of ether oxygens (including phenoxy) is 1. The van der Waals surface area contributed by atoms with Gasteiger partial charge in [-0.25, -0.2) is 9.78 Å². The third-order valence-corrected chi connectivity index (χ3v) is 8.68. The Morgan fingerprint density at radius 2 is 1.84 bits per heavy atom. The molecule has 0 spiro atoms. The molecule has 206 valence electrons. The van der Waals surface area contributed by atoms with Gasteiger partial charge in [-0.15, -0.1) is 11.3 Å². The third kappa shape index (κ3) is 7.18. The summed E-state index contributed by atoms with van der Waals surface area (Å²) in [6.45, 7) is 10.5. The van der Waals surface area contributed by atoms with Gasteiger partial charge in [-0.2, -0.15) is 0 Å². The van der Waals surface area contributed by atoms with E-state index in [-0.39, 0.29) is 36.2 Å². The summed E-state index contributed by atoms with van der Waals surface area (Å²) in [5.41, 5.74) is 0.292. The zero-order chi connectivity index (χ0) is 27.5. The van der Waals surface area contributed by atoms with Crippen LogP contribution in [0.1, 0.15) is 77.4 Å². The number of nitrogens with zero attached hydrogens (tertiary/aromatic N) is 1. The second-order valence-electron chi connectivity index (χ2n) is 11.2. The highest BCUT2D eigenvalue weighted by Gasteiger charge is 2.43. The van der Waals surface area contributed by atoms with Crippen LogP contribution in [0.15, 0.2) is 11.0 Å². The van der Waals surface area contributed by atoms with Crippen LogP contribution in [0.2, 0.25) is 0 Å². The van der Waals surface area contributed by atoms with Gasteiger partial charge in [-0.05, 0) is 44.3 Å². The molecule has 9 nitrogen and oxygen atoms in total. The lowest BCUT2D eigenvalue weighted by Gasteiger charge is -2.35. The first-order valence-electron chi connectivity index (χ1n) is 13.1. The summed E-state index contributed by atoms with van der Waals surface area (Å²) >= 11 is 1.52. The Balaban J connectivity index is 1.91. The van der Waals surface area contributed by atoms with Crippen molar-refractivity contribution in [3.63, 3.8) is 0 Å². The van der Waals surface area contributed by atoms with Crippen molar-refractivity contribution in [2.45, 2.75) is 104 Å². The Hall–Kier alpha value is -2.30. The number of aliphatic hydroxyl groups is 2. The monoisotopic (exact) mass is 535 g/mol. The highest BCUT2D eigenvalue weighted by Crippen LogP contribution is 2.33. The van der Waals surface area contributed by atoms with Gasteiger partial charge < -0.3 is 25.6 Å². The average molecular weight is 536 g/mol. The van der Waals surface area contributed by atoms with Crippen molar-refractivity contribution in [3.8, 4) is 0 Å². The molecule has 1 unspecified atom stereocenters. The van der Waals surface area contributed by atoms with Crippen molar-refractivity contribution in [1.82, 2.24) is 15.6 Å². The molecule has 0 aromatic carbocycles. The maximum absolute atomic E-state index is 13.3. The van der Waals surface area contributed by atoms with Gasteiger partial charge in [0.2, 0.25) is 0 Å². The highest BCUT2D eigenvalue weighted by molar-refractivity contribution is 7.09. The molecule has 1 aromatic heterocycles. The van der Waals surface area contributed by atoms with Crippen molar-refractivity contribution < 1.29 is 29.3 Å². The molecule has 2 amide bonds. The van der Waals surface area contributed by atoms with Crippen LogP contribution in [0.5, 0.6) is 0 Å². The van der Waals surface area contributed by atoms with E-state index in [0.29, 0.717) is 19.3 Å². The van der Waals surface area contributed by atoms with Gasteiger partial charge in [0.05, 0.1) is 46.8 Å². The number of ketones is 1. The molecule has 2 aliphatic heterocycles. The Bertz CT molecular complexity index is 1020. The number of aromatic nitrogens is 1. The number of amides is 2. The van der Waals surface area contributed by atoms with E-state index in [1.54, 1.807) is 20.8 Å². The van der Waals surface area contributed by atoms with Gasteiger partial charge in [-0.3, -0.25) is 9.59 Å². The first-order valence-corrected chi connectivity index (χ1v) is 13.9. The van der Waals surface area contributed by atoms with Crippen LogP contribution in [-0.4, -0.2) is 63.4 Å². The van der Waals surface area contributed by atoms with Gasteiger partial charge in [0.15, 0.2) is 0 Å². The first kappa shape index (κ1) is 29.3. The zero-order valence-corrected chi connectivity index (χ0v) is 23.4. The van der Waals surface area contributed by atoms with Crippen molar-refractivity contribution in [3.05, 3.63) is 21.7 Å². The molecule has 2 aliphatic rings. The van der Waals surface area contributed by atoms with E-state index in [2.05, 4.69) is 15.6 Å². The number of rotatable bonds is 2. The molecule has 1 aromatic rings. The summed E-state index contributed by atoms with van der Waals surface area (Å²) in [6.07, 6.45) is 1.15. The smallest absolute Gasteiger partial charge is 0.315 e. The number of hydrogen-bond acceptors (Lipinski definition) is 8. The molecule has 2 saturated heterocycles. The van der Waals surface area contributed by atoms with Gasteiger partial charge in [0, 0.05) is 17.7 Å². The number of hydrogen-bond donors (Lipinski definition) is 4. The molecule has 4 N–H and O–H groups in total. The van der Waals surface area contributed by atoms with Crippen molar-refractivity contribution in [1.29, 1.82) is 0 Å². The zero-order valence-electron chi connectivity index (χ0n) is 22.6. The molecule has 37 heavy (non-hydrogen) atoms. The molecular weight excluding hydrogens is 494 g/mol. The molecule has 0 bridgehead atoms. The van der Waals surface area contributed by atoms with E-state index in [1.165, 1.54) is 11.3 Å². The van der Waals surface area contributed by atoms with Crippen LogP contribution >= 0.6 is 11.3 Å². The standard InChI is InChI=1S/C27H41N3O6S/c1-14-8-7-9-19-20(30-26(35)29-19)11-21(15(2)10-18-13-37-17(4)28-18)36-23(32)12-22(31)27(5,6)25(34)16(3)24(14)33/h10,13-14,16,19-22,24,31,33H,7-9,11-12H2,1-6H3,(H2,29,30,35)/b15-10+/t14-,16+,19?,20-,21-,22-,24-/m0/s1. The molecule has 2 fully saturated rings. The molecule has 7 atom stereocenters.